The lowest BCUT2D eigenvalue weighted by atomic mass is 9.99. The van der Waals surface area contributed by atoms with Crippen LogP contribution in [0, 0.1) is 0 Å². The molecule has 3 aromatic rings. The molecule has 1 aliphatic heterocycles. The first-order chi connectivity index (χ1) is 15.6. The van der Waals surface area contributed by atoms with Crippen LogP contribution in [-0.2, 0) is 4.79 Å². The summed E-state index contributed by atoms with van der Waals surface area (Å²) < 4.78 is 0. The van der Waals surface area contributed by atoms with Crippen LogP contribution >= 0.6 is 0 Å². The quantitative estimate of drug-likeness (QED) is 0.446. The summed E-state index contributed by atoms with van der Waals surface area (Å²) in [5.41, 5.74) is 2.94. The number of amides is 2. The lowest BCUT2D eigenvalue weighted by Crippen LogP contribution is -2.35. The number of hydrogen-bond donors (Lipinski definition) is 4. The molecule has 6 nitrogen and oxygen atoms in total. The van der Waals surface area contributed by atoms with Crippen LogP contribution in [0.15, 0.2) is 60.7 Å². The minimum Gasteiger partial charge on any atom is -0.385 e. The Kier molecular flexibility index (Phi) is 6.71. The lowest BCUT2D eigenvalue weighted by molar-refractivity contribution is -0.117. The van der Waals surface area contributed by atoms with Crippen molar-refractivity contribution >= 4 is 34.0 Å². The molecule has 2 amide bonds. The largest absolute Gasteiger partial charge is 0.385 e. The highest BCUT2D eigenvalue weighted by Gasteiger charge is 2.23. The number of carbonyl (C=O) groups excluding carboxylic acids is 2. The van der Waals surface area contributed by atoms with E-state index in [1.165, 1.54) is 0 Å². The topological polar surface area (TPSA) is 82.3 Å². The molecule has 1 saturated heterocycles. The Morgan fingerprint density at radius 3 is 2.69 bits per heavy atom. The SMILES string of the molecule is CCNc1ccc(NC(=O)C2CCCN2)cc1C(=O)N[C@H](C)c1cccc2ccccc12. The van der Waals surface area contributed by atoms with Crippen LogP contribution in [0.2, 0.25) is 0 Å². The van der Waals surface area contributed by atoms with Gasteiger partial charge in [0.1, 0.15) is 0 Å². The number of anilines is 2. The van der Waals surface area contributed by atoms with Crippen LogP contribution in [0.25, 0.3) is 10.8 Å². The summed E-state index contributed by atoms with van der Waals surface area (Å²) in [5, 5.41) is 14.8. The highest BCUT2D eigenvalue weighted by molar-refractivity contribution is 6.03. The molecule has 0 bridgehead atoms. The van der Waals surface area contributed by atoms with Gasteiger partial charge in [-0.25, -0.2) is 0 Å². The number of nitrogens with one attached hydrogen (secondary N) is 4. The predicted octanol–water partition coefficient (Wildman–Crippen LogP) is 4.45. The van der Waals surface area contributed by atoms with Gasteiger partial charge in [-0.05, 0) is 67.8 Å². The summed E-state index contributed by atoms with van der Waals surface area (Å²) in [6, 6.07) is 19.4. The molecule has 0 radical (unpaired) electrons. The zero-order chi connectivity index (χ0) is 22.5. The molecule has 3 aromatic carbocycles. The Bertz CT molecular complexity index is 1120. The third-order valence-corrected chi connectivity index (χ3v) is 5.91. The molecule has 1 aliphatic rings. The summed E-state index contributed by atoms with van der Waals surface area (Å²) in [4.78, 5) is 25.8. The maximum absolute atomic E-state index is 13.3. The first-order valence-electron chi connectivity index (χ1n) is 11.3. The molecular weight excluding hydrogens is 400 g/mol. The van der Waals surface area contributed by atoms with Crippen molar-refractivity contribution in [3.63, 3.8) is 0 Å². The van der Waals surface area contributed by atoms with Crippen LogP contribution in [-0.4, -0.2) is 30.9 Å². The second-order valence-corrected chi connectivity index (χ2v) is 8.19. The van der Waals surface area contributed by atoms with E-state index in [1.54, 1.807) is 6.07 Å². The fraction of sp³-hybridized carbons (Fsp3) is 0.308. The van der Waals surface area contributed by atoms with Gasteiger partial charge in [0.2, 0.25) is 5.91 Å². The van der Waals surface area contributed by atoms with Gasteiger partial charge in [0, 0.05) is 17.9 Å². The van der Waals surface area contributed by atoms with Crippen molar-refractivity contribution in [2.45, 2.75) is 38.8 Å². The van der Waals surface area contributed by atoms with Gasteiger partial charge < -0.3 is 21.3 Å². The number of carbonyl (C=O) groups is 2. The van der Waals surface area contributed by atoms with Crippen LogP contribution in [0.3, 0.4) is 0 Å². The zero-order valence-electron chi connectivity index (χ0n) is 18.6. The number of fused-ring (bicyclic) bond motifs is 1. The van der Waals surface area contributed by atoms with Crippen molar-refractivity contribution < 1.29 is 9.59 Å². The van der Waals surface area contributed by atoms with Gasteiger partial charge in [-0.15, -0.1) is 0 Å². The fourth-order valence-corrected chi connectivity index (χ4v) is 4.27. The van der Waals surface area contributed by atoms with Crippen LogP contribution < -0.4 is 21.3 Å². The summed E-state index contributed by atoms with van der Waals surface area (Å²) in [6.45, 7) is 5.53. The third-order valence-electron chi connectivity index (χ3n) is 5.91. The van der Waals surface area contributed by atoms with Gasteiger partial charge in [-0.1, -0.05) is 42.5 Å². The molecule has 6 heteroatoms. The minimum atomic E-state index is -0.184. The van der Waals surface area contributed by atoms with E-state index in [4.69, 9.17) is 0 Å². The van der Waals surface area contributed by atoms with E-state index in [0.29, 0.717) is 17.8 Å². The van der Waals surface area contributed by atoms with Crippen molar-refractivity contribution in [1.29, 1.82) is 0 Å². The molecule has 4 rings (SSSR count). The maximum Gasteiger partial charge on any atom is 0.253 e. The Balaban J connectivity index is 1.56. The Morgan fingerprint density at radius 1 is 1.09 bits per heavy atom. The highest BCUT2D eigenvalue weighted by atomic mass is 16.2. The second-order valence-electron chi connectivity index (χ2n) is 8.19. The van der Waals surface area contributed by atoms with Crippen molar-refractivity contribution in [2.24, 2.45) is 0 Å². The number of rotatable bonds is 7. The van der Waals surface area contributed by atoms with E-state index in [1.807, 2.05) is 50.2 Å². The summed E-state index contributed by atoms with van der Waals surface area (Å²) in [6.07, 6.45) is 1.83. The molecule has 0 aromatic heterocycles. The second kappa shape index (κ2) is 9.83. The van der Waals surface area contributed by atoms with Crippen molar-refractivity contribution in [3.8, 4) is 0 Å². The summed E-state index contributed by atoms with van der Waals surface area (Å²) in [7, 11) is 0. The van der Waals surface area contributed by atoms with E-state index >= 15 is 0 Å². The predicted molar refractivity (Wildman–Crippen MR) is 130 cm³/mol. The molecule has 2 atom stereocenters. The average Bonchev–Trinajstić information content (AvgIpc) is 3.35. The molecule has 166 valence electrons. The first-order valence-corrected chi connectivity index (χ1v) is 11.3. The Morgan fingerprint density at radius 2 is 1.91 bits per heavy atom. The first kappa shape index (κ1) is 21.8. The van der Waals surface area contributed by atoms with Gasteiger partial charge in [0.15, 0.2) is 0 Å². The lowest BCUT2D eigenvalue weighted by Gasteiger charge is -2.19. The minimum absolute atomic E-state index is 0.0609. The molecule has 0 aliphatic carbocycles. The highest BCUT2D eigenvalue weighted by Crippen LogP contribution is 2.26. The normalized spacial score (nSPS) is 16.5. The van der Waals surface area contributed by atoms with E-state index in [0.717, 1.165) is 41.4 Å². The van der Waals surface area contributed by atoms with Gasteiger partial charge in [0.05, 0.1) is 17.6 Å². The van der Waals surface area contributed by atoms with E-state index < -0.39 is 0 Å². The molecule has 1 unspecified atom stereocenters. The van der Waals surface area contributed by atoms with Crippen molar-refractivity contribution in [1.82, 2.24) is 10.6 Å². The molecule has 32 heavy (non-hydrogen) atoms. The maximum atomic E-state index is 13.3. The van der Waals surface area contributed by atoms with Gasteiger partial charge in [-0.3, -0.25) is 9.59 Å². The van der Waals surface area contributed by atoms with E-state index in [9.17, 15) is 9.59 Å². The van der Waals surface area contributed by atoms with Crippen LogP contribution in [0.1, 0.15) is 48.7 Å². The average molecular weight is 431 g/mol. The standard InChI is InChI=1S/C26H30N4O2/c1-3-27-23-14-13-19(30-26(32)24-12-7-15-28-24)16-22(23)25(31)29-17(2)20-11-6-9-18-8-4-5-10-21(18)20/h4-6,8-11,13-14,16-17,24,27-28H,3,7,12,15H2,1-2H3,(H,29,31)(H,30,32)/t17-,24?/m1/s1. The van der Waals surface area contributed by atoms with Crippen molar-refractivity contribution in [2.75, 3.05) is 23.7 Å². The van der Waals surface area contributed by atoms with Gasteiger partial charge >= 0.3 is 0 Å². The Hall–Kier alpha value is -3.38. The smallest absolute Gasteiger partial charge is 0.253 e. The van der Waals surface area contributed by atoms with E-state index in [-0.39, 0.29) is 23.9 Å². The van der Waals surface area contributed by atoms with Gasteiger partial charge in [0.25, 0.3) is 5.91 Å². The van der Waals surface area contributed by atoms with Crippen LogP contribution in [0.5, 0.6) is 0 Å². The van der Waals surface area contributed by atoms with Gasteiger partial charge in [-0.2, -0.15) is 0 Å². The number of hydrogen-bond acceptors (Lipinski definition) is 4. The Labute approximate surface area is 188 Å². The molecule has 0 spiro atoms. The molecule has 1 heterocycles. The summed E-state index contributed by atoms with van der Waals surface area (Å²) >= 11 is 0. The fourth-order valence-electron chi connectivity index (χ4n) is 4.27. The third kappa shape index (κ3) is 4.75. The van der Waals surface area contributed by atoms with E-state index in [2.05, 4.69) is 39.5 Å². The van der Waals surface area contributed by atoms with Crippen molar-refractivity contribution in [3.05, 3.63) is 71.8 Å². The molecular formula is C26H30N4O2. The van der Waals surface area contributed by atoms with Crippen LogP contribution in [0.4, 0.5) is 11.4 Å². The number of benzene rings is 3. The zero-order valence-corrected chi connectivity index (χ0v) is 18.6. The molecule has 4 N–H and O–H groups in total. The summed E-state index contributed by atoms with van der Waals surface area (Å²) in [5.74, 6) is -0.245. The monoisotopic (exact) mass is 430 g/mol. The molecule has 0 saturated carbocycles. The molecule has 1 fully saturated rings.